The average molecular weight is 757 g/mol. The minimum atomic E-state index is -0.971. The number of benzene rings is 2. The maximum atomic E-state index is 13.3. The maximum absolute atomic E-state index is 13.3. The summed E-state index contributed by atoms with van der Waals surface area (Å²) in [4.78, 5) is 83.5. The number of imide groups is 2. The quantitative estimate of drug-likeness (QED) is 0.131. The Hall–Kier alpha value is -6.46. The van der Waals surface area contributed by atoms with Gasteiger partial charge in [-0.2, -0.15) is 5.10 Å². The van der Waals surface area contributed by atoms with Crippen LogP contribution in [0.3, 0.4) is 0 Å². The molecule has 2 unspecified atom stereocenters. The molecule has 5 amide bonds. The molecular formula is C39H40N12O5. The van der Waals surface area contributed by atoms with E-state index in [0.717, 1.165) is 74.8 Å². The van der Waals surface area contributed by atoms with Crippen molar-refractivity contribution in [2.45, 2.75) is 31.8 Å². The van der Waals surface area contributed by atoms with Gasteiger partial charge in [0.15, 0.2) is 0 Å². The molecule has 9 rings (SSSR count). The van der Waals surface area contributed by atoms with Gasteiger partial charge in [0.2, 0.25) is 11.8 Å². The molecule has 286 valence electrons. The monoisotopic (exact) mass is 756 g/mol. The molecule has 0 radical (unpaired) electrons. The first-order valence-electron chi connectivity index (χ1n) is 18.8. The molecule has 5 aromatic rings. The molecule has 3 aromatic heterocycles. The van der Waals surface area contributed by atoms with Gasteiger partial charge in [-0.15, -0.1) is 0 Å². The van der Waals surface area contributed by atoms with Gasteiger partial charge < -0.3 is 25.4 Å². The van der Waals surface area contributed by atoms with Crippen LogP contribution in [0.1, 0.15) is 56.0 Å². The van der Waals surface area contributed by atoms with Gasteiger partial charge in [-0.25, -0.2) is 9.97 Å². The first kappa shape index (κ1) is 35.3. The number of nitrogens with zero attached hydrogens (tertiary/aromatic N) is 7. The Kier molecular flexibility index (Phi) is 9.22. The SMILES string of the molecule is O=C1CCC(N2C(=O)c3ccc(N4CCC(CN5CCN(Cc6ccc(NC(=O)c7[nH]ncc7Nc7ncnc8[nH]ccc78)cc6)CC5)C4)cc3C2=O)C(=O)N1. The molecule has 2 aromatic carbocycles. The number of nitrogens with one attached hydrogen (secondary N) is 5. The number of aromatic nitrogens is 5. The minimum Gasteiger partial charge on any atom is -0.371 e. The molecule has 17 heteroatoms. The first-order chi connectivity index (χ1) is 27.3. The number of carbonyl (C=O) groups is 5. The van der Waals surface area contributed by atoms with E-state index < -0.39 is 29.7 Å². The Balaban J connectivity index is 0.734. The van der Waals surface area contributed by atoms with E-state index in [-0.39, 0.29) is 24.4 Å². The van der Waals surface area contributed by atoms with Crippen molar-refractivity contribution in [1.82, 2.24) is 45.2 Å². The second-order valence-corrected chi connectivity index (χ2v) is 14.8. The summed E-state index contributed by atoms with van der Waals surface area (Å²) in [6.45, 7) is 7.39. The van der Waals surface area contributed by atoms with Crippen LogP contribution in [0.4, 0.5) is 22.9 Å². The minimum absolute atomic E-state index is 0.0925. The number of carbonyl (C=O) groups excluding carboxylic acids is 5. The lowest BCUT2D eigenvalue weighted by Crippen LogP contribution is -2.54. The van der Waals surface area contributed by atoms with Crippen molar-refractivity contribution in [1.29, 1.82) is 0 Å². The van der Waals surface area contributed by atoms with Gasteiger partial charge in [-0.05, 0) is 60.7 Å². The second-order valence-electron chi connectivity index (χ2n) is 14.8. The fourth-order valence-electron chi connectivity index (χ4n) is 8.17. The first-order valence-corrected chi connectivity index (χ1v) is 18.8. The third-order valence-electron chi connectivity index (χ3n) is 11.1. The van der Waals surface area contributed by atoms with E-state index in [1.807, 2.05) is 36.4 Å². The van der Waals surface area contributed by atoms with Crippen LogP contribution in [0.25, 0.3) is 11.0 Å². The summed E-state index contributed by atoms with van der Waals surface area (Å²) in [6, 6.07) is 14.1. The van der Waals surface area contributed by atoms with Crippen LogP contribution in [-0.2, 0) is 16.1 Å². The van der Waals surface area contributed by atoms with Gasteiger partial charge in [0.05, 0.1) is 28.4 Å². The van der Waals surface area contributed by atoms with Crippen LogP contribution in [0, 0.1) is 5.92 Å². The second kappa shape index (κ2) is 14.6. The lowest BCUT2D eigenvalue weighted by molar-refractivity contribution is -0.136. The Morgan fingerprint density at radius 3 is 2.50 bits per heavy atom. The van der Waals surface area contributed by atoms with E-state index in [9.17, 15) is 24.0 Å². The van der Waals surface area contributed by atoms with Gasteiger partial charge in [0, 0.05) is 76.4 Å². The number of hydrogen-bond donors (Lipinski definition) is 5. The van der Waals surface area contributed by atoms with Crippen molar-refractivity contribution in [3.63, 3.8) is 0 Å². The highest BCUT2D eigenvalue weighted by Crippen LogP contribution is 2.33. The summed E-state index contributed by atoms with van der Waals surface area (Å²) in [7, 11) is 0. The van der Waals surface area contributed by atoms with Crippen LogP contribution in [-0.4, -0.2) is 121 Å². The van der Waals surface area contributed by atoms with E-state index in [4.69, 9.17) is 0 Å². The smallest absolute Gasteiger partial charge is 0.275 e. The molecule has 2 atom stereocenters. The lowest BCUT2D eigenvalue weighted by Gasteiger charge is -2.36. The molecular weight excluding hydrogens is 717 g/mol. The van der Waals surface area contributed by atoms with E-state index >= 15 is 0 Å². The zero-order valence-corrected chi connectivity index (χ0v) is 30.5. The fraction of sp³-hybridized carbons (Fsp3) is 0.333. The fourth-order valence-corrected chi connectivity index (χ4v) is 8.17. The summed E-state index contributed by atoms with van der Waals surface area (Å²) in [5, 5.41) is 16.0. The van der Waals surface area contributed by atoms with Crippen LogP contribution >= 0.6 is 0 Å². The number of H-pyrrole nitrogens is 2. The van der Waals surface area contributed by atoms with Gasteiger partial charge in [-0.3, -0.25) is 44.2 Å². The molecule has 4 aliphatic rings. The third-order valence-corrected chi connectivity index (χ3v) is 11.1. The lowest BCUT2D eigenvalue weighted by atomic mass is 10.0. The highest BCUT2D eigenvalue weighted by Gasteiger charge is 2.45. The highest BCUT2D eigenvalue weighted by molar-refractivity contribution is 6.23. The predicted molar refractivity (Wildman–Crippen MR) is 205 cm³/mol. The third kappa shape index (κ3) is 6.86. The number of hydrogen-bond acceptors (Lipinski definition) is 12. The number of amides is 5. The molecule has 0 saturated carbocycles. The van der Waals surface area contributed by atoms with Crippen molar-refractivity contribution >= 4 is 63.4 Å². The number of fused-ring (bicyclic) bond motifs is 2. The molecule has 0 aliphatic carbocycles. The largest absolute Gasteiger partial charge is 0.371 e. The zero-order chi connectivity index (χ0) is 38.3. The molecule has 0 spiro atoms. The molecule has 5 N–H and O–H groups in total. The topological polar surface area (TPSA) is 205 Å². The van der Waals surface area contributed by atoms with E-state index in [1.165, 1.54) is 11.9 Å². The average Bonchev–Trinajstić information content (AvgIpc) is 4.02. The van der Waals surface area contributed by atoms with Crippen LogP contribution in [0.2, 0.25) is 0 Å². The summed E-state index contributed by atoms with van der Waals surface area (Å²) < 4.78 is 0. The molecule has 56 heavy (non-hydrogen) atoms. The van der Waals surface area contributed by atoms with Gasteiger partial charge in [-0.1, -0.05) is 12.1 Å². The van der Waals surface area contributed by atoms with Crippen LogP contribution in [0.5, 0.6) is 0 Å². The number of piperidine rings is 1. The number of anilines is 4. The molecule has 3 saturated heterocycles. The normalized spacial score (nSPS) is 20.5. The summed E-state index contributed by atoms with van der Waals surface area (Å²) in [5.74, 6) is -1.25. The van der Waals surface area contributed by atoms with E-state index in [0.29, 0.717) is 39.9 Å². The van der Waals surface area contributed by atoms with Gasteiger partial charge in [0.1, 0.15) is 29.5 Å². The van der Waals surface area contributed by atoms with E-state index in [2.05, 4.69) is 55.8 Å². The Morgan fingerprint density at radius 2 is 1.68 bits per heavy atom. The molecule has 3 fully saturated rings. The van der Waals surface area contributed by atoms with Gasteiger partial charge >= 0.3 is 0 Å². The Morgan fingerprint density at radius 1 is 0.875 bits per heavy atom. The van der Waals surface area contributed by atoms with Crippen molar-refractivity contribution in [2.24, 2.45) is 5.92 Å². The number of aromatic amines is 2. The Bertz CT molecular complexity index is 2350. The molecule has 7 heterocycles. The summed E-state index contributed by atoms with van der Waals surface area (Å²) in [5.41, 5.74) is 4.83. The van der Waals surface area contributed by atoms with Crippen molar-refractivity contribution in [3.05, 3.63) is 89.6 Å². The van der Waals surface area contributed by atoms with Crippen LogP contribution in [0.15, 0.2) is 67.3 Å². The van der Waals surface area contributed by atoms with Crippen LogP contribution < -0.4 is 20.9 Å². The highest BCUT2D eigenvalue weighted by atomic mass is 16.2. The molecule has 0 bridgehead atoms. The van der Waals surface area contributed by atoms with Gasteiger partial charge in [0.25, 0.3) is 17.7 Å². The van der Waals surface area contributed by atoms with Crippen molar-refractivity contribution < 1.29 is 24.0 Å². The number of piperazine rings is 1. The Labute approximate surface area is 320 Å². The standard InChI is InChI=1S/C39H40N12O5/c52-32-8-7-31(36(53)46-32)51-38(55)27-6-5-26(17-29(27)39(51)56)50-12-10-24(21-50)20-49-15-13-48(14-16-49)19-23-1-3-25(4-2-23)44-37(54)33-30(18-43-47-33)45-35-28-9-11-40-34(28)41-22-42-35/h1-6,9,11,17-18,22,24,31H,7-8,10,12-16,19-21H2,(H,43,47)(H,44,54)(H,46,52,53)(H2,40,41,42,45). The van der Waals surface area contributed by atoms with Crippen molar-refractivity contribution in [2.75, 3.05) is 61.3 Å². The summed E-state index contributed by atoms with van der Waals surface area (Å²) in [6.07, 6.45) is 6.04. The van der Waals surface area contributed by atoms with Crippen molar-refractivity contribution in [3.8, 4) is 0 Å². The summed E-state index contributed by atoms with van der Waals surface area (Å²) >= 11 is 0. The molecule has 17 nitrogen and oxygen atoms in total. The maximum Gasteiger partial charge on any atom is 0.275 e. The number of rotatable bonds is 10. The zero-order valence-electron chi connectivity index (χ0n) is 30.5. The van der Waals surface area contributed by atoms with E-state index in [1.54, 1.807) is 24.5 Å². The molecule has 4 aliphatic heterocycles. The predicted octanol–water partition coefficient (Wildman–Crippen LogP) is 2.72.